The lowest BCUT2D eigenvalue weighted by atomic mass is 9.74. The Bertz CT molecular complexity index is 893. The number of hydrogen-bond donors (Lipinski definition) is 1. The highest BCUT2D eigenvalue weighted by molar-refractivity contribution is 7.90. The van der Waals surface area contributed by atoms with E-state index in [1.807, 2.05) is 37.3 Å². The largest absolute Gasteiger partial charge is 0.481 e. The van der Waals surface area contributed by atoms with E-state index in [-0.39, 0.29) is 4.90 Å². The minimum atomic E-state index is -3.27. The van der Waals surface area contributed by atoms with Gasteiger partial charge in [-0.25, -0.2) is 8.42 Å². The van der Waals surface area contributed by atoms with E-state index < -0.39 is 27.1 Å². The number of carboxylic acids is 1. The molecule has 1 heterocycles. The maximum Gasteiger partial charge on any atom is 0.308 e. The Morgan fingerprint density at radius 1 is 1.15 bits per heavy atom. The van der Waals surface area contributed by atoms with E-state index in [4.69, 9.17) is 0 Å². The highest BCUT2D eigenvalue weighted by Gasteiger charge is 2.48. The van der Waals surface area contributed by atoms with Crippen LogP contribution in [0.2, 0.25) is 0 Å². The predicted molar refractivity (Wildman–Crippen MR) is 99.7 cm³/mol. The molecule has 1 N–H and O–H groups in total. The topological polar surface area (TPSA) is 74.7 Å². The third kappa shape index (κ3) is 3.66. The number of rotatable bonds is 5. The Hall–Kier alpha value is -2.18. The van der Waals surface area contributed by atoms with Gasteiger partial charge in [0.2, 0.25) is 0 Å². The molecule has 6 heteroatoms. The molecule has 138 valence electrons. The van der Waals surface area contributed by atoms with Crippen molar-refractivity contribution in [1.29, 1.82) is 0 Å². The maximum absolute atomic E-state index is 11.9. The number of aliphatic carboxylic acids is 1. The van der Waals surface area contributed by atoms with E-state index in [1.54, 1.807) is 24.3 Å². The van der Waals surface area contributed by atoms with Crippen LogP contribution in [0.3, 0.4) is 0 Å². The van der Waals surface area contributed by atoms with Crippen LogP contribution in [0.15, 0.2) is 59.5 Å². The van der Waals surface area contributed by atoms with E-state index in [9.17, 15) is 18.3 Å². The fourth-order valence-corrected chi connectivity index (χ4v) is 4.42. The summed E-state index contributed by atoms with van der Waals surface area (Å²) in [6.45, 7) is 3.72. The molecule has 0 saturated carbocycles. The molecule has 3 rings (SSSR count). The van der Waals surface area contributed by atoms with Crippen molar-refractivity contribution in [3.05, 3.63) is 65.7 Å². The molecule has 1 aliphatic heterocycles. The fraction of sp³-hybridized carbons (Fsp3) is 0.350. The predicted octanol–water partition coefficient (Wildman–Crippen LogP) is 2.56. The Kier molecular flexibility index (Phi) is 4.90. The van der Waals surface area contributed by atoms with Crippen molar-refractivity contribution in [3.63, 3.8) is 0 Å². The molecule has 0 spiro atoms. The van der Waals surface area contributed by atoms with Crippen molar-refractivity contribution in [2.24, 2.45) is 5.92 Å². The molecular formula is C20H23NO4S. The van der Waals surface area contributed by atoms with Crippen LogP contribution in [0.5, 0.6) is 0 Å². The summed E-state index contributed by atoms with van der Waals surface area (Å²) in [5.41, 5.74) is 1.43. The lowest BCUT2D eigenvalue weighted by Crippen LogP contribution is -2.36. The average molecular weight is 373 g/mol. The van der Waals surface area contributed by atoms with Gasteiger partial charge in [0, 0.05) is 31.3 Å². The fourth-order valence-electron chi connectivity index (χ4n) is 3.79. The zero-order chi connectivity index (χ0) is 18.9. The molecule has 0 amide bonds. The number of benzene rings is 2. The van der Waals surface area contributed by atoms with Crippen molar-refractivity contribution >= 4 is 15.8 Å². The number of hydrogen-bond acceptors (Lipinski definition) is 4. The molecular weight excluding hydrogens is 350 g/mol. The average Bonchev–Trinajstić information content (AvgIpc) is 2.93. The van der Waals surface area contributed by atoms with Crippen LogP contribution < -0.4 is 0 Å². The molecule has 2 aromatic rings. The lowest BCUT2D eigenvalue weighted by molar-refractivity contribution is -0.142. The van der Waals surface area contributed by atoms with Gasteiger partial charge in [-0.1, -0.05) is 49.4 Å². The van der Waals surface area contributed by atoms with Gasteiger partial charge in [-0.2, -0.15) is 0 Å². The van der Waals surface area contributed by atoms with Crippen LogP contribution >= 0.6 is 0 Å². The van der Waals surface area contributed by atoms with Crippen LogP contribution in [0.4, 0.5) is 0 Å². The van der Waals surface area contributed by atoms with Gasteiger partial charge in [0.25, 0.3) is 0 Å². The third-order valence-corrected chi connectivity index (χ3v) is 6.38. The zero-order valence-corrected chi connectivity index (χ0v) is 15.7. The molecule has 0 radical (unpaired) electrons. The van der Waals surface area contributed by atoms with Crippen LogP contribution in [0.25, 0.3) is 0 Å². The second-order valence-corrected chi connectivity index (χ2v) is 9.28. The van der Waals surface area contributed by atoms with E-state index >= 15 is 0 Å². The number of nitrogens with zero attached hydrogens (tertiary/aromatic N) is 1. The Morgan fingerprint density at radius 3 is 2.31 bits per heavy atom. The first-order valence-electron chi connectivity index (χ1n) is 8.50. The smallest absolute Gasteiger partial charge is 0.308 e. The molecule has 5 nitrogen and oxygen atoms in total. The summed E-state index contributed by atoms with van der Waals surface area (Å²) in [5, 5.41) is 9.76. The molecule has 2 unspecified atom stereocenters. The number of carbonyl (C=O) groups is 1. The number of sulfone groups is 1. The Morgan fingerprint density at radius 2 is 1.77 bits per heavy atom. The van der Waals surface area contributed by atoms with E-state index in [0.717, 1.165) is 11.1 Å². The summed E-state index contributed by atoms with van der Waals surface area (Å²) in [5.74, 6) is -1.37. The van der Waals surface area contributed by atoms with E-state index in [0.29, 0.717) is 19.6 Å². The summed E-state index contributed by atoms with van der Waals surface area (Å²) in [7, 11) is -3.27. The molecule has 1 fully saturated rings. The van der Waals surface area contributed by atoms with Gasteiger partial charge in [-0.15, -0.1) is 0 Å². The van der Waals surface area contributed by atoms with Gasteiger partial charge >= 0.3 is 5.97 Å². The van der Waals surface area contributed by atoms with Crippen LogP contribution in [0, 0.1) is 5.92 Å². The van der Waals surface area contributed by atoms with Gasteiger partial charge < -0.3 is 5.11 Å². The maximum atomic E-state index is 11.9. The molecule has 26 heavy (non-hydrogen) atoms. The first-order chi connectivity index (χ1) is 12.2. The second-order valence-electron chi connectivity index (χ2n) is 7.26. The van der Waals surface area contributed by atoms with Crippen LogP contribution in [-0.4, -0.2) is 43.7 Å². The van der Waals surface area contributed by atoms with Gasteiger partial charge in [-0.3, -0.25) is 9.69 Å². The van der Waals surface area contributed by atoms with Crippen molar-refractivity contribution in [2.75, 3.05) is 19.3 Å². The second kappa shape index (κ2) is 6.85. The summed E-state index contributed by atoms with van der Waals surface area (Å²) in [6, 6.07) is 16.6. The Labute approximate surface area is 154 Å². The summed E-state index contributed by atoms with van der Waals surface area (Å²) < 4.78 is 23.3. The summed E-state index contributed by atoms with van der Waals surface area (Å²) in [6.07, 6.45) is 1.17. The highest BCUT2D eigenvalue weighted by Crippen LogP contribution is 2.40. The SMILES string of the molecule is CC1(c2ccc(S(C)(=O)=O)cc2)CN(Cc2ccccc2)CC1C(=O)O. The number of carboxylic acid groups (broad SMARTS) is 1. The molecule has 0 bridgehead atoms. The third-order valence-electron chi connectivity index (χ3n) is 5.25. The van der Waals surface area contributed by atoms with Crippen molar-refractivity contribution in [3.8, 4) is 0 Å². The van der Waals surface area contributed by atoms with Gasteiger partial charge in [-0.05, 0) is 23.3 Å². The summed E-state index contributed by atoms with van der Waals surface area (Å²) in [4.78, 5) is 14.3. The van der Waals surface area contributed by atoms with Gasteiger partial charge in [0.1, 0.15) is 0 Å². The molecule has 2 aromatic carbocycles. The van der Waals surface area contributed by atoms with Crippen molar-refractivity contribution in [2.45, 2.75) is 23.8 Å². The van der Waals surface area contributed by atoms with Gasteiger partial charge in [0.05, 0.1) is 10.8 Å². The monoisotopic (exact) mass is 373 g/mol. The van der Waals surface area contributed by atoms with Crippen LogP contribution in [-0.2, 0) is 26.6 Å². The first-order valence-corrected chi connectivity index (χ1v) is 10.4. The van der Waals surface area contributed by atoms with Crippen LogP contribution in [0.1, 0.15) is 18.1 Å². The van der Waals surface area contributed by atoms with Crippen molar-refractivity contribution < 1.29 is 18.3 Å². The quantitative estimate of drug-likeness (QED) is 0.872. The first kappa shape index (κ1) is 18.6. The normalized spacial score (nSPS) is 23.8. The summed E-state index contributed by atoms with van der Waals surface area (Å²) >= 11 is 0. The zero-order valence-electron chi connectivity index (χ0n) is 14.9. The number of likely N-dealkylation sites (tertiary alicyclic amines) is 1. The molecule has 1 aliphatic rings. The van der Waals surface area contributed by atoms with Crippen molar-refractivity contribution in [1.82, 2.24) is 4.90 Å². The Balaban J connectivity index is 1.89. The minimum absolute atomic E-state index is 0.246. The minimum Gasteiger partial charge on any atom is -0.481 e. The highest BCUT2D eigenvalue weighted by atomic mass is 32.2. The van der Waals surface area contributed by atoms with E-state index in [1.165, 1.54) is 6.26 Å². The van der Waals surface area contributed by atoms with Gasteiger partial charge in [0.15, 0.2) is 9.84 Å². The molecule has 1 saturated heterocycles. The molecule has 0 aromatic heterocycles. The van der Waals surface area contributed by atoms with E-state index in [2.05, 4.69) is 4.90 Å². The lowest BCUT2D eigenvalue weighted by Gasteiger charge is -2.29. The molecule has 2 atom stereocenters. The molecule has 0 aliphatic carbocycles. The standard InChI is InChI=1S/C20H23NO4S/c1-20(16-8-10-17(11-9-16)26(2,24)25)14-21(13-18(20)19(22)23)12-15-6-4-3-5-7-15/h3-11,18H,12-14H2,1-2H3,(H,22,23).